The SMILES string of the molecule is CC(C)n1c(=O)c2c(ncn2Cc2ccc(F)cc2)n(-c2cccc(Cl)c2)c1=O. The van der Waals surface area contributed by atoms with Gasteiger partial charge in [0.1, 0.15) is 5.82 Å². The van der Waals surface area contributed by atoms with E-state index in [-0.39, 0.29) is 17.5 Å². The molecule has 0 radical (unpaired) electrons. The normalized spacial score (nSPS) is 11.5. The molecule has 8 heteroatoms. The Balaban J connectivity index is 2.01. The van der Waals surface area contributed by atoms with Gasteiger partial charge < -0.3 is 4.57 Å². The zero-order chi connectivity index (χ0) is 20.7. The summed E-state index contributed by atoms with van der Waals surface area (Å²) < 4.78 is 17.5. The molecule has 0 bridgehead atoms. The molecule has 0 aliphatic carbocycles. The van der Waals surface area contributed by atoms with Crippen LogP contribution in [0.15, 0.2) is 64.4 Å². The number of halogens is 2. The van der Waals surface area contributed by atoms with Crippen LogP contribution in [0.1, 0.15) is 25.5 Å². The van der Waals surface area contributed by atoms with E-state index in [0.717, 1.165) is 5.56 Å². The molecule has 0 amide bonds. The van der Waals surface area contributed by atoms with Gasteiger partial charge in [0.2, 0.25) is 0 Å². The fraction of sp³-hybridized carbons (Fsp3) is 0.190. The highest BCUT2D eigenvalue weighted by Gasteiger charge is 2.20. The van der Waals surface area contributed by atoms with E-state index in [1.54, 1.807) is 54.8 Å². The maximum absolute atomic E-state index is 13.2. The highest BCUT2D eigenvalue weighted by Crippen LogP contribution is 2.18. The van der Waals surface area contributed by atoms with Crippen molar-refractivity contribution in [3.05, 3.63) is 92.1 Å². The van der Waals surface area contributed by atoms with Gasteiger partial charge in [0.05, 0.1) is 12.0 Å². The molecule has 6 nitrogen and oxygen atoms in total. The summed E-state index contributed by atoms with van der Waals surface area (Å²) in [5, 5.41) is 0.468. The molecule has 4 aromatic rings. The average molecular weight is 413 g/mol. The Bertz CT molecular complexity index is 1320. The fourth-order valence-electron chi connectivity index (χ4n) is 3.36. The molecule has 2 heterocycles. The summed E-state index contributed by atoms with van der Waals surface area (Å²) in [6.07, 6.45) is 1.51. The second kappa shape index (κ2) is 7.33. The van der Waals surface area contributed by atoms with Gasteiger partial charge in [0, 0.05) is 17.6 Å². The van der Waals surface area contributed by atoms with Crippen LogP contribution in [0.4, 0.5) is 4.39 Å². The third-order valence-electron chi connectivity index (χ3n) is 4.70. The summed E-state index contributed by atoms with van der Waals surface area (Å²) in [5.74, 6) is -0.332. The Kier molecular flexibility index (Phi) is 4.84. The first-order valence-corrected chi connectivity index (χ1v) is 9.47. The van der Waals surface area contributed by atoms with E-state index in [0.29, 0.717) is 22.8 Å². The molecule has 0 spiro atoms. The minimum absolute atomic E-state index is 0.251. The summed E-state index contributed by atoms with van der Waals surface area (Å²) in [7, 11) is 0. The third-order valence-corrected chi connectivity index (χ3v) is 4.93. The fourth-order valence-corrected chi connectivity index (χ4v) is 3.55. The maximum Gasteiger partial charge on any atom is 0.337 e. The standard InChI is InChI=1S/C21H18ClFN4O2/c1-13(2)26-20(28)18-19(27(21(26)29)17-5-3-4-15(22)10-17)24-12-25(18)11-14-6-8-16(23)9-7-14/h3-10,12-13H,11H2,1-2H3. The van der Waals surface area contributed by atoms with Gasteiger partial charge in [0.15, 0.2) is 11.2 Å². The largest absolute Gasteiger partial charge is 0.337 e. The lowest BCUT2D eigenvalue weighted by molar-refractivity contribution is 0.539. The Morgan fingerprint density at radius 2 is 1.83 bits per heavy atom. The molecular weight excluding hydrogens is 395 g/mol. The molecule has 0 aliphatic rings. The molecule has 0 N–H and O–H groups in total. The predicted molar refractivity (Wildman–Crippen MR) is 110 cm³/mol. The molecule has 0 saturated carbocycles. The summed E-state index contributed by atoms with van der Waals surface area (Å²) in [4.78, 5) is 30.7. The molecule has 29 heavy (non-hydrogen) atoms. The van der Waals surface area contributed by atoms with E-state index in [4.69, 9.17) is 11.6 Å². The van der Waals surface area contributed by atoms with Crippen LogP contribution in [-0.2, 0) is 6.54 Å². The Hall–Kier alpha value is -3.19. The maximum atomic E-state index is 13.2. The van der Waals surface area contributed by atoms with Crippen molar-refractivity contribution in [2.24, 2.45) is 0 Å². The first-order valence-electron chi connectivity index (χ1n) is 9.09. The Morgan fingerprint density at radius 3 is 2.48 bits per heavy atom. The van der Waals surface area contributed by atoms with E-state index < -0.39 is 11.2 Å². The first kappa shape index (κ1) is 19.1. The molecule has 2 aromatic carbocycles. The number of nitrogens with zero attached hydrogens (tertiary/aromatic N) is 4. The van der Waals surface area contributed by atoms with Crippen LogP contribution in [0.5, 0.6) is 0 Å². The number of hydrogen-bond donors (Lipinski definition) is 0. The van der Waals surface area contributed by atoms with E-state index in [2.05, 4.69) is 4.98 Å². The van der Waals surface area contributed by atoms with Gasteiger partial charge in [-0.05, 0) is 49.7 Å². The van der Waals surface area contributed by atoms with Crippen molar-refractivity contribution >= 4 is 22.8 Å². The number of imidazole rings is 1. The molecule has 2 aromatic heterocycles. The number of hydrogen-bond acceptors (Lipinski definition) is 3. The lowest BCUT2D eigenvalue weighted by Crippen LogP contribution is -2.41. The van der Waals surface area contributed by atoms with Gasteiger partial charge in [0.25, 0.3) is 5.56 Å². The number of benzene rings is 2. The van der Waals surface area contributed by atoms with Crippen molar-refractivity contribution in [2.45, 2.75) is 26.4 Å². The van der Waals surface area contributed by atoms with Gasteiger partial charge in [-0.25, -0.2) is 18.7 Å². The summed E-state index contributed by atoms with van der Waals surface area (Å²) in [6.45, 7) is 3.87. The Labute approximate surface area is 170 Å². The molecule has 4 rings (SSSR count). The van der Waals surface area contributed by atoms with Gasteiger partial charge in [-0.2, -0.15) is 0 Å². The zero-order valence-corrected chi connectivity index (χ0v) is 16.6. The molecule has 0 atom stereocenters. The quantitative estimate of drug-likeness (QED) is 0.512. The van der Waals surface area contributed by atoms with Crippen LogP contribution in [0.2, 0.25) is 5.02 Å². The van der Waals surface area contributed by atoms with E-state index in [9.17, 15) is 14.0 Å². The topological polar surface area (TPSA) is 61.8 Å². The molecule has 0 aliphatic heterocycles. The lowest BCUT2D eigenvalue weighted by atomic mass is 10.2. The number of aromatic nitrogens is 4. The van der Waals surface area contributed by atoms with Crippen LogP contribution in [-0.4, -0.2) is 18.7 Å². The molecule has 0 unspecified atom stereocenters. The molecular formula is C21H18ClFN4O2. The zero-order valence-electron chi connectivity index (χ0n) is 15.8. The van der Waals surface area contributed by atoms with Crippen LogP contribution in [0, 0.1) is 5.82 Å². The second-order valence-corrected chi connectivity index (χ2v) is 7.47. The third kappa shape index (κ3) is 3.38. The summed E-state index contributed by atoms with van der Waals surface area (Å²) in [6, 6.07) is 12.5. The van der Waals surface area contributed by atoms with Crippen LogP contribution in [0.25, 0.3) is 16.9 Å². The van der Waals surface area contributed by atoms with Crippen molar-refractivity contribution < 1.29 is 4.39 Å². The molecule has 148 valence electrons. The van der Waals surface area contributed by atoms with Crippen molar-refractivity contribution in [3.63, 3.8) is 0 Å². The van der Waals surface area contributed by atoms with Crippen molar-refractivity contribution in [1.29, 1.82) is 0 Å². The van der Waals surface area contributed by atoms with Crippen LogP contribution >= 0.6 is 11.6 Å². The van der Waals surface area contributed by atoms with Gasteiger partial charge in [-0.15, -0.1) is 0 Å². The van der Waals surface area contributed by atoms with Gasteiger partial charge >= 0.3 is 5.69 Å². The van der Waals surface area contributed by atoms with Crippen molar-refractivity contribution in [3.8, 4) is 5.69 Å². The average Bonchev–Trinajstić information content (AvgIpc) is 3.07. The Morgan fingerprint density at radius 1 is 1.10 bits per heavy atom. The van der Waals surface area contributed by atoms with E-state index >= 15 is 0 Å². The summed E-state index contributed by atoms with van der Waals surface area (Å²) in [5.41, 5.74) is 0.976. The van der Waals surface area contributed by atoms with Gasteiger partial charge in [-0.1, -0.05) is 29.8 Å². The number of rotatable bonds is 4. The monoisotopic (exact) mass is 412 g/mol. The minimum atomic E-state index is -0.480. The van der Waals surface area contributed by atoms with Gasteiger partial charge in [-0.3, -0.25) is 9.36 Å². The summed E-state index contributed by atoms with van der Waals surface area (Å²) >= 11 is 6.12. The minimum Gasteiger partial charge on any atom is -0.320 e. The smallest absolute Gasteiger partial charge is 0.320 e. The predicted octanol–water partition coefficient (Wildman–Crippen LogP) is 3.77. The molecule has 0 fully saturated rings. The first-order chi connectivity index (χ1) is 13.9. The lowest BCUT2D eigenvalue weighted by Gasteiger charge is -2.15. The van der Waals surface area contributed by atoms with Crippen LogP contribution < -0.4 is 11.2 Å². The second-order valence-electron chi connectivity index (χ2n) is 7.04. The highest BCUT2D eigenvalue weighted by atomic mass is 35.5. The van der Waals surface area contributed by atoms with E-state index in [1.807, 2.05) is 0 Å². The highest BCUT2D eigenvalue weighted by molar-refractivity contribution is 6.30. The van der Waals surface area contributed by atoms with Crippen LogP contribution in [0.3, 0.4) is 0 Å². The molecule has 0 saturated heterocycles. The van der Waals surface area contributed by atoms with Crippen molar-refractivity contribution in [2.75, 3.05) is 0 Å². The number of fused-ring (bicyclic) bond motifs is 1. The van der Waals surface area contributed by atoms with E-state index in [1.165, 1.54) is 27.6 Å². The van der Waals surface area contributed by atoms with Crippen molar-refractivity contribution in [1.82, 2.24) is 18.7 Å².